The predicted molar refractivity (Wildman–Crippen MR) is 256 cm³/mol. The van der Waals surface area contributed by atoms with Crippen molar-refractivity contribution in [1.29, 1.82) is 0 Å². The number of unbranched alkanes of at least 4 members (excludes halogenated alkanes) is 29. The minimum atomic E-state index is -1.30. The number of aliphatic hydroxyl groups excluding tert-OH is 4. The summed E-state index contributed by atoms with van der Waals surface area (Å²) >= 11 is 0. The van der Waals surface area contributed by atoms with Gasteiger partial charge in [0, 0.05) is 0 Å². The van der Waals surface area contributed by atoms with Crippen LogP contribution >= 0.6 is 0 Å². The smallest absolute Gasteiger partial charge is 0.249 e. The van der Waals surface area contributed by atoms with E-state index in [9.17, 15) is 25.2 Å². The Morgan fingerprint density at radius 1 is 0.424 bits per heavy atom. The number of carbonyl (C=O) groups excluding carboxylic acids is 1. The lowest BCUT2D eigenvalue weighted by Crippen LogP contribution is -2.53. The Hall–Kier alpha value is -1.73. The lowest BCUT2D eigenvalue weighted by Gasteiger charge is -2.27. The zero-order valence-electron chi connectivity index (χ0n) is 39.0. The van der Waals surface area contributed by atoms with Gasteiger partial charge in [0.2, 0.25) is 5.91 Å². The van der Waals surface area contributed by atoms with Crippen LogP contribution in [0.3, 0.4) is 0 Å². The molecule has 4 unspecified atom stereocenters. The van der Waals surface area contributed by atoms with Crippen LogP contribution in [0.5, 0.6) is 0 Å². The topological polar surface area (TPSA) is 110 Å². The van der Waals surface area contributed by atoms with Gasteiger partial charge in [-0.2, -0.15) is 0 Å². The van der Waals surface area contributed by atoms with Gasteiger partial charge in [0.15, 0.2) is 0 Å². The van der Waals surface area contributed by atoms with Gasteiger partial charge in [-0.05, 0) is 83.5 Å². The molecule has 0 saturated heterocycles. The summed E-state index contributed by atoms with van der Waals surface area (Å²) in [6.45, 7) is 4.02. The van der Waals surface area contributed by atoms with E-state index in [0.717, 1.165) is 57.8 Å². The molecule has 0 aliphatic carbocycles. The van der Waals surface area contributed by atoms with Gasteiger partial charge in [-0.3, -0.25) is 4.79 Å². The first kappa shape index (κ1) is 57.3. The third-order valence-electron chi connectivity index (χ3n) is 11.7. The lowest BCUT2D eigenvalue weighted by molar-refractivity contribution is -0.132. The first-order chi connectivity index (χ1) is 29.0. The van der Waals surface area contributed by atoms with E-state index in [4.69, 9.17) is 0 Å². The average molecular weight is 830 g/mol. The molecule has 0 aromatic heterocycles. The van der Waals surface area contributed by atoms with Crippen LogP contribution in [0, 0.1) is 0 Å². The van der Waals surface area contributed by atoms with Crippen molar-refractivity contribution in [2.24, 2.45) is 0 Å². The van der Waals surface area contributed by atoms with Gasteiger partial charge in [0.25, 0.3) is 0 Å². The van der Waals surface area contributed by atoms with Crippen molar-refractivity contribution >= 4 is 5.91 Å². The van der Waals surface area contributed by atoms with Crippen molar-refractivity contribution in [3.05, 3.63) is 48.6 Å². The minimum absolute atomic E-state index is 0.346. The maximum atomic E-state index is 12.5. The zero-order chi connectivity index (χ0) is 43.1. The average Bonchev–Trinajstić information content (AvgIpc) is 3.24. The van der Waals surface area contributed by atoms with Crippen molar-refractivity contribution < 1.29 is 25.2 Å². The van der Waals surface area contributed by atoms with Gasteiger partial charge in [-0.15, -0.1) is 0 Å². The van der Waals surface area contributed by atoms with Crippen molar-refractivity contribution in [1.82, 2.24) is 5.32 Å². The number of amides is 1. The van der Waals surface area contributed by atoms with E-state index < -0.39 is 36.9 Å². The maximum absolute atomic E-state index is 12.5. The predicted octanol–water partition coefficient (Wildman–Crippen LogP) is 14.2. The van der Waals surface area contributed by atoms with E-state index in [1.54, 1.807) is 0 Å². The Morgan fingerprint density at radius 3 is 1.20 bits per heavy atom. The van der Waals surface area contributed by atoms with Gasteiger partial charge in [0.05, 0.1) is 18.8 Å². The second-order valence-electron chi connectivity index (χ2n) is 17.5. The van der Waals surface area contributed by atoms with Crippen LogP contribution < -0.4 is 5.32 Å². The molecule has 6 nitrogen and oxygen atoms in total. The Kier molecular flexibility index (Phi) is 45.9. The summed E-state index contributed by atoms with van der Waals surface area (Å²) in [5.41, 5.74) is 0. The van der Waals surface area contributed by atoms with Crippen molar-refractivity contribution in [3.63, 3.8) is 0 Å². The highest BCUT2D eigenvalue weighted by atomic mass is 16.3. The summed E-state index contributed by atoms with van der Waals surface area (Å²) in [4.78, 5) is 12.5. The number of nitrogens with one attached hydrogen (secondary N) is 1. The molecular formula is C53H99NO5. The highest BCUT2D eigenvalue weighted by Gasteiger charge is 2.28. The van der Waals surface area contributed by atoms with E-state index in [-0.39, 0.29) is 0 Å². The molecule has 0 bridgehead atoms. The highest BCUT2D eigenvalue weighted by Crippen LogP contribution is 2.16. The van der Waals surface area contributed by atoms with Gasteiger partial charge >= 0.3 is 0 Å². The molecule has 346 valence electrons. The van der Waals surface area contributed by atoms with Crippen molar-refractivity contribution in [2.75, 3.05) is 6.61 Å². The SMILES string of the molecule is CCCCC/C=C\C/C=C\CCCCCCCCC(O)C(=O)NC(CO)C(O)C(O)CCC/C=C/CC/C=C/CCCCCCCCCCCCCCCCCCCC. The molecule has 0 radical (unpaired) electrons. The third kappa shape index (κ3) is 41.4. The maximum Gasteiger partial charge on any atom is 0.249 e. The number of hydrogen-bond acceptors (Lipinski definition) is 5. The number of aliphatic hydroxyl groups is 4. The van der Waals surface area contributed by atoms with Crippen LogP contribution in [0.4, 0.5) is 0 Å². The summed E-state index contributed by atoms with van der Waals surface area (Å²) in [6, 6.07) is -1.01. The lowest BCUT2D eigenvalue weighted by atomic mass is 10.00. The summed E-state index contributed by atoms with van der Waals surface area (Å²) in [5, 5.41) is 43.8. The van der Waals surface area contributed by atoms with Gasteiger partial charge in [-0.1, -0.05) is 217 Å². The fraction of sp³-hybridized carbons (Fsp3) is 0.830. The van der Waals surface area contributed by atoms with Crippen molar-refractivity contribution in [2.45, 2.75) is 276 Å². The number of hydrogen-bond donors (Lipinski definition) is 5. The fourth-order valence-electron chi connectivity index (χ4n) is 7.69. The van der Waals surface area contributed by atoms with E-state index in [1.807, 2.05) is 0 Å². The second-order valence-corrected chi connectivity index (χ2v) is 17.5. The molecule has 6 heteroatoms. The second kappa shape index (κ2) is 47.3. The van der Waals surface area contributed by atoms with Crippen LogP contribution in [0.2, 0.25) is 0 Å². The van der Waals surface area contributed by atoms with Gasteiger partial charge in [-0.25, -0.2) is 0 Å². The normalized spacial score (nSPS) is 14.3. The van der Waals surface area contributed by atoms with Crippen LogP contribution in [-0.2, 0) is 4.79 Å². The molecule has 0 aliphatic rings. The molecule has 0 aliphatic heterocycles. The van der Waals surface area contributed by atoms with Crippen LogP contribution in [0.15, 0.2) is 48.6 Å². The summed E-state index contributed by atoms with van der Waals surface area (Å²) < 4.78 is 0. The molecule has 4 atom stereocenters. The largest absolute Gasteiger partial charge is 0.394 e. The van der Waals surface area contributed by atoms with Crippen LogP contribution in [0.25, 0.3) is 0 Å². The molecule has 0 spiro atoms. The first-order valence-electron chi connectivity index (χ1n) is 25.5. The Morgan fingerprint density at radius 2 is 0.763 bits per heavy atom. The zero-order valence-corrected chi connectivity index (χ0v) is 39.0. The highest BCUT2D eigenvalue weighted by molar-refractivity contribution is 5.80. The van der Waals surface area contributed by atoms with Gasteiger partial charge < -0.3 is 25.7 Å². The monoisotopic (exact) mass is 830 g/mol. The molecule has 5 N–H and O–H groups in total. The molecule has 59 heavy (non-hydrogen) atoms. The van der Waals surface area contributed by atoms with E-state index >= 15 is 0 Å². The Labute approximate surface area is 366 Å². The Bertz CT molecular complexity index is 977. The number of carbonyl (C=O) groups is 1. The number of rotatable bonds is 46. The quantitative estimate of drug-likeness (QED) is 0.0310. The van der Waals surface area contributed by atoms with Crippen molar-refractivity contribution in [3.8, 4) is 0 Å². The third-order valence-corrected chi connectivity index (χ3v) is 11.7. The molecule has 0 aromatic carbocycles. The van der Waals surface area contributed by atoms with E-state index in [0.29, 0.717) is 19.3 Å². The summed E-state index contributed by atoms with van der Waals surface area (Å²) in [6.07, 6.45) is 58.8. The number of allylic oxidation sites excluding steroid dienone is 8. The summed E-state index contributed by atoms with van der Waals surface area (Å²) in [7, 11) is 0. The van der Waals surface area contributed by atoms with Crippen LogP contribution in [-0.4, -0.2) is 57.3 Å². The van der Waals surface area contributed by atoms with E-state index in [1.165, 1.54) is 161 Å². The molecule has 0 fully saturated rings. The molecule has 1 amide bonds. The van der Waals surface area contributed by atoms with Gasteiger partial charge in [0.1, 0.15) is 12.2 Å². The van der Waals surface area contributed by atoms with Crippen LogP contribution in [0.1, 0.15) is 251 Å². The fourth-order valence-corrected chi connectivity index (χ4v) is 7.69. The molecular weight excluding hydrogens is 731 g/mol. The van der Waals surface area contributed by atoms with E-state index in [2.05, 4.69) is 67.8 Å². The molecule has 0 saturated carbocycles. The molecule has 0 rings (SSSR count). The first-order valence-corrected chi connectivity index (χ1v) is 25.5. The minimum Gasteiger partial charge on any atom is -0.394 e. The molecule has 0 heterocycles. The standard InChI is InChI=1S/C53H99NO5/c1-3-5-7-9-11-13-15-17-19-21-22-23-24-25-26-27-28-29-30-31-33-34-36-38-40-42-44-46-50(56)52(58)49(48-55)54-53(59)51(57)47-45-43-41-39-37-35-32-20-18-16-14-12-10-8-6-4-2/h12,14,18,20,31,33,38,40,49-52,55-58H,3-11,13,15-17,19,21-30,32,34-37,39,41-48H2,1-2H3,(H,54,59)/b14-12-,20-18-,33-31+,40-38+. The summed E-state index contributed by atoms with van der Waals surface area (Å²) in [5.74, 6) is -0.606. The Balaban J connectivity index is 3.73. The molecule has 0 aromatic rings.